The van der Waals surface area contributed by atoms with Crippen molar-refractivity contribution in [2.75, 3.05) is 16.0 Å². The number of anilines is 5. The molecule has 6 nitrogen and oxygen atoms in total. The summed E-state index contributed by atoms with van der Waals surface area (Å²) in [6, 6.07) is 15.8. The number of benzene rings is 2. The molecule has 3 heterocycles. The Balaban J connectivity index is 1.54. The van der Waals surface area contributed by atoms with Crippen LogP contribution in [0.25, 0.3) is 0 Å². The first kappa shape index (κ1) is 19.5. The number of carbonyl (C=O) groups excluding carboxylic acids is 1. The highest BCUT2D eigenvalue weighted by molar-refractivity contribution is 7.08. The van der Waals surface area contributed by atoms with Gasteiger partial charge in [-0.2, -0.15) is 16.3 Å². The lowest BCUT2D eigenvalue weighted by atomic mass is 10.0. The molecule has 1 amide bonds. The average Bonchev–Trinajstić information content (AvgIpc) is 3.31. The molecule has 1 aliphatic heterocycles. The highest BCUT2D eigenvalue weighted by Crippen LogP contribution is 2.29. The van der Waals surface area contributed by atoms with Crippen LogP contribution in [0.4, 0.5) is 28.8 Å². The molecule has 2 aromatic carbocycles. The van der Waals surface area contributed by atoms with Crippen LogP contribution in [0, 0.1) is 0 Å². The first-order chi connectivity index (χ1) is 15.1. The van der Waals surface area contributed by atoms with Crippen LogP contribution in [0.2, 0.25) is 5.02 Å². The standard InChI is InChI=1S/C23H18ClN5OS/c24-19-12-25-23-27-17-3-1-2-14(10-17)4-5-15-11-18(26-21(19)29-23)6-7-20(15)28-22(30)16-8-9-31-13-16/h1-3,6-13H,4-5H2,(H,28,30)(H2,25,26,27,29). The van der Waals surface area contributed by atoms with E-state index >= 15 is 0 Å². The van der Waals surface area contributed by atoms with Crippen LogP contribution in [0.15, 0.2) is 65.5 Å². The Kier molecular flexibility index (Phi) is 5.28. The number of nitrogens with zero attached hydrogens (tertiary/aromatic N) is 2. The molecule has 0 aliphatic carbocycles. The summed E-state index contributed by atoms with van der Waals surface area (Å²) in [6.45, 7) is 0. The van der Waals surface area contributed by atoms with E-state index in [0.29, 0.717) is 22.4 Å². The highest BCUT2D eigenvalue weighted by Gasteiger charge is 2.13. The van der Waals surface area contributed by atoms with Gasteiger partial charge in [-0.15, -0.1) is 0 Å². The fourth-order valence-electron chi connectivity index (χ4n) is 3.45. The normalized spacial score (nSPS) is 12.4. The molecule has 6 bridgehead atoms. The number of aromatic nitrogens is 2. The van der Waals surface area contributed by atoms with Gasteiger partial charge in [0, 0.05) is 22.4 Å². The number of rotatable bonds is 2. The van der Waals surface area contributed by atoms with E-state index in [2.05, 4.69) is 38.1 Å². The lowest BCUT2D eigenvalue weighted by Crippen LogP contribution is -2.13. The zero-order valence-corrected chi connectivity index (χ0v) is 17.9. The van der Waals surface area contributed by atoms with E-state index in [0.717, 1.165) is 35.5 Å². The third-order valence-electron chi connectivity index (χ3n) is 5.01. The first-order valence-electron chi connectivity index (χ1n) is 9.76. The fourth-order valence-corrected chi connectivity index (χ4v) is 4.23. The van der Waals surface area contributed by atoms with Crippen LogP contribution in [-0.4, -0.2) is 15.9 Å². The third-order valence-corrected chi connectivity index (χ3v) is 5.97. The fraction of sp³-hybridized carbons (Fsp3) is 0.0870. The van der Waals surface area contributed by atoms with Gasteiger partial charge in [0.15, 0.2) is 5.82 Å². The lowest BCUT2D eigenvalue weighted by Gasteiger charge is -2.14. The van der Waals surface area contributed by atoms with E-state index in [1.165, 1.54) is 16.9 Å². The number of hydrogen-bond acceptors (Lipinski definition) is 6. The van der Waals surface area contributed by atoms with Gasteiger partial charge in [-0.05, 0) is 65.7 Å². The number of amides is 1. The monoisotopic (exact) mass is 447 g/mol. The van der Waals surface area contributed by atoms with Crippen molar-refractivity contribution in [3.05, 3.63) is 87.2 Å². The molecule has 0 radical (unpaired) electrons. The molecule has 2 aromatic heterocycles. The Hall–Kier alpha value is -3.42. The molecule has 0 fully saturated rings. The number of hydrogen-bond donors (Lipinski definition) is 3. The number of fused-ring (bicyclic) bond motifs is 6. The maximum absolute atomic E-state index is 12.6. The quantitative estimate of drug-likeness (QED) is 0.349. The van der Waals surface area contributed by atoms with Gasteiger partial charge >= 0.3 is 0 Å². The summed E-state index contributed by atoms with van der Waals surface area (Å²) in [5.74, 6) is 0.856. The van der Waals surface area contributed by atoms with Crippen LogP contribution in [0.3, 0.4) is 0 Å². The van der Waals surface area contributed by atoms with Crippen molar-refractivity contribution in [2.45, 2.75) is 12.8 Å². The molecule has 0 spiro atoms. The number of aryl methyl sites for hydroxylation is 2. The Morgan fingerprint density at radius 3 is 2.84 bits per heavy atom. The van der Waals surface area contributed by atoms with Crippen LogP contribution < -0.4 is 16.0 Å². The van der Waals surface area contributed by atoms with Gasteiger partial charge in [0.05, 0.1) is 11.8 Å². The lowest BCUT2D eigenvalue weighted by molar-refractivity contribution is 0.102. The summed E-state index contributed by atoms with van der Waals surface area (Å²) in [7, 11) is 0. The predicted octanol–water partition coefficient (Wildman–Crippen LogP) is 6.03. The van der Waals surface area contributed by atoms with Crippen LogP contribution in [0.1, 0.15) is 21.5 Å². The van der Waals surface area contributed by atoms with Gasteiger partial charge < -0.3 is 16.0 Å². The van der Waals surface area contributed by atoms with E-state index in [1.807, 2.05) is 47.2 Å². The van der Waals surface area contributed by atoms with Gasteiger partial charge in [0.25, 0.3) is 5.91 Å². The molecule has 5 rings (SSSR count). The van der Waals surface area contributed by atoms with Crippen molar-refractivity contribution >= 4 is 57.7 Å². The van der Waals surface area contributed by atoms with Crippen LogP contribution in [-0.2, 0) is 12.8 Å². The molecule has 0 saturated carbocycles. The van der Waals surface area contributed by atoms with Crippen molar-refractivity contribution in [1.29, 1.82) is 0 Å². The Bertz CT molecular complexity index is 1260. The summed E-state index contributed by atoms with van der Waals surface area (Å²) in [6.07, 6.45) is 3.15. The molecule has 0 saturated heterocycles. The Morgan fingerprint density at radius 1 is 1.06 bits per heavy atom. The maximum atomic E-state index is 12.6. The minimum absolute atomic E-state index is 0.115. The Labute approximate surface area is 188 Å². The summed E-state index contributed by atoms with van der Waals surface area (Å²) < 4.78 is 0. The summed E-state index contributed by atoms with van der Waals surface area (Å²) in [4.78, 5) is 21.4. The molecule has 0 unspecified atom stereocenters. The number of halogens is 1. The van der Waals surface area contributed by atoms with Gasteiger partial charge in [0.1, 0.15) is 5.02 Å². The van der Waals surface area contributed by atoms with Gasteiger partial charge in [-0.25, -0.2) is 4.98 Å². The number of carbonyl (C=O) groups is 1. The van der Waals surface area contributed by atoms with Crippen molar-refractivity contribution in [3.8, 4) is 0 Å². The van der Waals surface area contributed by atoms with Crippen LogP contribution >= 0.6 is 22.9 Å². The van der Waals surface area contributed by atoms with E-state index in [4.69, 9.17) is 11.6 Å². The first-order valence-corrected chi connectivity index (χ1v) is 11.1. The smallest absolute Gasteiger partial charge is 0.256 e. The molecule has 4 aromatic rings. The van der Waals surface area contributed by atoms with Crippen molar-refractivity contribution in [2.24, 2.45) is 0 Å². The number of thiophene rings is 1. The largest absolute Gasteiger partial charge is 0.339 e. The zero-order chi connectivity index (χ0) is 21.2. The maximum Gasteiger partial charge on any atom is 0.256 e. The minimum atomic E-state index is -0.115. The molecule has 3 N–H and O–H groups in total. The third kappa shape index (κ3) is 4.38. The topological polar surface area (TPSA) is 78.9 Å². The number of nitrogens with one attached hydrogen (secondary N) is 3. The highest BCUT2D eigenvalue weighted by atomic mass is 35.5. The molecular weight excluding hydrogens is 430 g/mol. The molecular formula is C23H18ClN5OS. The summed E-state index contributed by atoms with van der Waals surface area (Å²) >= 11 is 7.82. The zero-order valence-electron chi connectivity index (χ0n) is 16.4. The van der Waals surface area contributed by atoms with Crippen molar-refractivity contribution < 1.29 is 4.79 Å². The molecule has 154 valence electrons. The van der Waals surface area contributed by atoms with Crippen LogP contribution in [0.5, 0.6) is 0 Å². The SMILES string of the molecule is O=C(Nc1ccc2cc1CCc1cccc(c1)Nc1ncc(Cl)c(n1)N2)c1ccsc1. The average molecular weight is 448 g/mol. The molecule has 31 heavy (non-hydrogen) atoms. The predicted molar refractivity (Wildman–Crippen MR) is 126 cm³/mol. The summed E-state index contributed by atoms with van der Waals surface area (Å²) in [5.41, 5.74) is 5.38. The van der Waals surface area contributed by atoms with E-state index < -0.39 is 0 Å². The van der Waals surface area contributed by atoms with Gasteiger partial charge in [-0.3, -0.25) is 4.79 Å². The molecule has 1 aliphatic rings. The second-order valence-corrected chi connectivity index (χ2v) is 8.37. The van der Waals surface area contributed by atoms with E-state index in [-0.39, 0.29) is 5.91 Å². The van der Waals surface area contributed by atoms with Gasteiger partial charge in [0.2, 0.25) is 5.95 Å². The van der Waals surface area contributed by atoms with E-state index in [9.17, 15) is 4.79 Å². The minimum Gasteiger partial charge on any atom is -0.339 e. The molecule has 0 atom stereocenters. The second-order valence-electron chi connectivity index (χ2n) is 7.18. The summed E-state index contributed by atoms with van der Waals surface area (Å²) in [5, 5.41) is 13.7. The second kappa shape index (κ2) is 8.37. The van der Waals surface area contributed by atoms with Crippen molar-refractivity contribution in [1.82, 2.24) is 9.97 Å². The van der Waals surface area contributed by atoms with Crippen molar-refractivity contribution in [3.63, 3.8) is 0 Å². The van der Waals surface area contributed by atoms with Gasteiger partial charge in [-0.1, -0.05) is 23.7 Å². The Morgan fingerprint density at radius 2 is 1.97 bits per heavy atom. The molecule has 8 heteroatoms. The van der Waals surface area contributed by atoms with E-state index in [1.54, 1.807) is 6.20 Å².